The van der Waals surface area contributed by atoms with Gasteiger partial charge in [0.1, 0.15) is 6.54 Å². The lowest BCUT2D eigenvalue weighted by atomic mass is 10.2. The highest BCUT2D eigenvalue weighted by molar-refractivity contribution is 5.84. The second-order valence-electron chi connectivity index (χ2n) is 4.30. The Balaban J connectivity index is 4.25. The Labute approximate surface area is 110 Å². The highest BCUT2D eigenvalue weighted by Gasteiger charge is 2.29. The lowest BCUT2D eigenvalue weighted by Gasteiger charge is -2.23. The minimum absolute atomic E-state index is 0.224. The molecular formula is C11H20F3N3O2. The van der Waals surface area contributed by atoms with Gasteiger partial charge in [0.05, 0.1) is 12.1 Å². The van der Waals surface area contributed by atoms with Crippen LogP contribution in [-0.2, 0) is 9.59 Å². The van der Waals surface area contributed by atoms with Gasteiger partial charge in [0, 0.05) is 13.6 Å². The van der Waals surface area contributed by atoms with Crippen LogP contribution in [0.25, 0.3) is 0 Å². The zero-order valence-electron chi connectivity index (χ0n) is 11.5. The average molecular weight is 283 g/mol. The highest BCUT2D eigenvalue weighted by atomic mass is 19.4. The fourth-order valence-corrected chi connectivity index (χ4v) is 1.35. The summed E-state index contributed by atoms with van der Waals surface area (Å²) in [6, 6.07) is -1.52. The maximum absolute atomic E-state index is 11.9. The van der Waals surface area contributed by atoms with Gasteiger partial charge in [0.2, 0.25) is 11.8 Å². The first kappa shape index (κ1) is 17.7. The summed E-state index contributed by atoms with van der Waals surface area (Å²) >= 11 is 0. The normalized spacial score (nSPS) is 14.7. The monoisotopic (exact) mass is 283 g/mol. The van der Waals surface area contributed by atoms with E-state index in [0.29, 0.717) is 6.54 Å². The van der Waals surface area contributed by atoms with Crippen LogP contribution >= 0.6 is 0 Å². The molecule has 0 spiro atoms. The lowest BCUT2D eigenvalue weighted by molar-refractivity contribution is -0.140. The Morgan fingerprint density at radius 2 is 1.74 bits per heavy atom. The molecular weight excluding hydrogens is 263 g/mol. The third-order valence-corrected chi connectivity index (χ3v) is 2.58. The number of amides is 2. The van der Waals surface area contributed by atoms with Gasteiger partial charge in [-0.25, -0.2) is 0 Å². The van der Waals surface area contributed by atoms with Crippen molar-refractivity contribution in [3.63, 3.8) is 0 Å². The van der Waals surface area contributed by atoms with E-state index in [1.54, 1.807) is 26.2 Å². The summed E-state index contributed by atoms with van der Waals surface area (Å²) in [6.07, 6.45) is -4.45. The molecule has 0 aromatic heterocycles. The second-order valence-corrected chi connectivity index (χ2v) is 4.30. The van der Waals surface area contributed by atoms with Crippen molar-refractivity contribution in [1.29, 1.82) is 0 Å². The summed E-state index contributed by atoms with van der Waals surface area (Å²) in [5.74, 6) is -1.02. The number of nitrogens with one attached hydrogen (secondary N) is 2. The van der Waals surface area contributed by atoms with E-state index in [9.17, 15) is 22.8 Å². The van der Waals surface area contributed by atoms with Crippen LogP contribution in [0.4, 0.5) is 13.2 Å². The van der Waals surface area contributed by atoms with Crippen LogP contribution in [-0.4, -0.2) is 55.1 Å². The van der Waals surface area contributed by atoms with Crippen molar-refractivity contribution in [2.45, 2.75) is 39.0 Å². The molecule has 112 valence electrons. The predicted octanol–water partition coefficient (Wildman–Crippen LogP) is 0.510. The summed E-state index contributed by atoms with van der Waals surface area (Å²) in [7, 11) is 1.61. The van der Waals surface area contributed by atoms with E-state index in [-0.39, 0.29) is 5.91 Å². The van der Waals surface area contributed by atoms with E-state index in [2.05, 4.69) is 5.32 Å². The second kappa shape index (κ2) is 7.32. The van der Waals surface area contributed by atoms with Crippen LogP contribution in [0.2, 0.25) is 0 Å². The molecule has 0 radical (unpaired) electrons. The maximum Gasteiger partial charge on any atom is 0.405 e. The quantitative estimate of drug-likeness (QED) is 0.746. The number of rotatable bonds is 6. The molecule has 8 heteroatoms. The third kappa shape index (κ3) is 7.00. The van der Waals surface area contributed by atoms with Crippen molar-refractivity contribution in [3.8, 4) is 0 Å². The smallest absolute Gasteiger partial charge is 0.346 e. The Hall–Kier alpha value is -1.31. The number of hydrogen-bond donors (Lipinski definition) is 2. The molecule has 0 fully saturated rings. The first-order chi connectivity index (χ1) is 8.58. The van der Waals surface area contributed by atoms with Crippen LogP contribution in [0, 0.1) is 0 Å². The number of halogens is 3. The van der Waals surface area contributed by atoms with E-state index in [0.717, 1.165) is 0 Å². The Kier molecular flexibility index (Phi) is 6.82. The van der Waals surface area contributed by atoms with Gasteiger partial charge >= 0.3 is 6.18 Å². The van der Waals surface area contributed by atoms with Gasteiger partial charge in [0.25, 0.3) is 0 Å². The van der Waals surface area contributed by atoms with Crippen molar-refractivity contribution < 1.29 is 22.8 Å². The molecule has 0 aliphatic rings. The molecule has 2 amide bonds. The van der Waals surface area contributed by atoms with Gasteiger partial charge in [-0.15, -0.1) is 0 Å². The van der Waals surface area contributed by atoms with Crippen LogP contribution in [0.1, 0.15) is 20.8 Å². The minimum Gasteiger partial charge on any atom is -0.346 e. The molecule has 0 aliphatic heterocycles. The Morgan fingerprint density at radius 1 is 1.21 bits per heavy atom. The summed E-state index contributed by atoms with van der Waals surface area (Å²) < 4.78 is 35.8. The number of alkyl halides is 3. The molecule has 0 aromatic rings. The fraction of sp³-hybridized carbons (Fsp3) is 0.818. The first-order valence-corrected chi connectivity index (χ1v) is 5.94. The standard InChI is InChI=1S/C11H20F3N3O2/c1-5-17(4)10(19)8(3)16-7(2)9(18)15-6-11(12,13)14/h7-8,16H,5-6H2,1-4H3,(H,15,18). The molecule has 0 rings (SSSR count). The van der Waals surface area contributed by atoms with Gasteiger partial charge in [0.15, 0.2) is 0 Å². The molecule has 2 unspecified atom stereocenters. The molecule has 0 saturated heterocycles. The SMILES string of the molecule is CCN(C)C(=O)C(C)NC(C)C(=O)NCC(F)(F)F. The molecule has 0 heterocycles. The van der Waals surface area contributed by atoms with Crippen molar-refractivity contribution in [2.24, 2.45) is 0 Å². The Morgan fingerprint density at radius 3 is 2.16 bits per heavy atom. The number of carbonyl (C=O) groups excluding carboxylic acids is 2. The van der Waals surface area contributed by atoms with Gasteiger partial charge in [-0.2, -0.15) is 13.2 Å². The van der Waals surface area contributed by atoms with E-state index in [1.165, 1.54) is 11.8 Å². The van der Waals surface area contributed by atoms with Crippen molar-refractivity contribution in [1.82, 2.24) is 15.5 Å². The lowest BCUT2D eigenvalue weighted by Crippen LogP contribution is -2.52. The summed E-state index contributed by atoms with van der Waals surface area (Å²) in [5.41, 5.74) is 0. The summed E-state index contributed by atoms with van der Waals surface area (Å²) in [5, 5.41) is 4.42. The average Bonchev–Trinajstić information content (AvgIpc) is 2.32. The molecule has 2 atom stereocenters. The zero-order valence-corrected chi connectivity index (χ0v) is 11.5. The summed E-state index contributed by atoms with van der Waals surface area (Å²) in [4.78, 5) is 24.5. The Bertz CT molecular complexity index is 321. The number of hydrogen-bond acceptors (Lipinski definition) is 3. The first-order valence-electron chi connectivity index (χ1n) is 5.94. The number of nitrogens with zero attached hydrogens (tertiary/aromatic N) is 1. The maximum atomic E-state index is 11.9. The predicted molar refractivity (Wildman–Crippen MR) is 64.4 cm³/mol. The van der Waals surface area contributed by atoms with Gasteiger partial charge in [-0.1, -0.05) is 0 Å². The molecule has 0 aromatic carbocycles. The van der Waals surface area contributed by atoms with Crippen molar-refractivity contribution >= 4 is 11.8 Å². The molecule has 0 aliphatic carbocycles. The van der Waals surface area contributed by atoms with Crippen LogP contribution < -0.4 is 10.6 Å². The topological polar surface area (TPSA) is 61.4 Å². The van der Waals surface area contributed by atoms with E-state index in [4.69, 9.17) is 0 Å². The van der Waals surface area contributed by atoms with Gasteiger partial charge in [-0.05, 0) is 20.8 Å². The summed E-state index contributed by atoms with van der Waals surface area (Å²) in [6.45, 7) is 3.89. The van der Waals surface area contributed by atoms with Gasteiger partial charge < -0.3 is 10.2 Å². The molecule has 2 N–H and O–H groups in total. The fourth-order valence-electron chi connectivity index (χ4n) is 1.35. The van der Waals surface area contributed by atoms with Crippen LogP contribution in [0.3, 0.4) is 0 Å². The third-order valence-electron chi connectivity index (χ3n) is 2.58. The molecule has 0 bridgehead atoms. The number of likely N-dealkylation sites (N-methyl/N-ethyl adjacent to an activating group) is 1. The van der Waals surface area contributed by atoms with Crippen molar-refractivity contribution in [3.05, 3.63) is 0 Å². The largest absolute Gasteiger partial charge is 0.405 e. The van der Waals surface area contributed by atoms with Crippen LogP contribution in [0.15, 0.2) is 0 Å². The van der Waals surface area contributed by atoms with E-state index >= 15 is 0 Å². The van der Waals surface area contributed by atoms with Gasteiger partial charge in [-0.3, -0.25) is 14.9 Å². The molecule has 0 saturated carbocycles. The van der Waals surface area contributed by atoms with E-state index < -0.39 is 30.7 Å². The number of carbonyl (C=O) groups is 2. The van der Waals surface area contributed by atoms with Crippen molar-refractivity contribution in [2.75, 3.05) is 20.1 Å². The zero-order chi connectivity index (χ0) is 15.2. The molecule has 5 nitrogen and oxygen atoms in total. The van der Waals surface area contributed by atoms with Crippen LogP contribution in [0.5, 0.6) is 0 Å². The highest BCUT2D eigenvalue weighted by Crippen LogP contribution is 2.12. The molecule has 19 heavy (non-hydrogen) atoms. The minimum atomic E-state index is -4.45. The van der Waals surface area contributed by atoms with E-state index in [1.807, 2.05) is 0 Å².